The van der Waals surface area contributed by atoms with E-state index in [4.69, 9.17) is 0 Å². The van der Waals surface area contributed by atoms with Gasteiger partial charge in [0.2, 0.25) is 0 Å². The van der Waals surface area contributed by atoms with Crippen LogP contribution in [0.2, 0.25) is 0 Å². The summed E-state index contributed by atoms with van der Waals surface area (Å²) in [7, 11) is 0. The van der Waals surface area contributed by atoms with E-state index in [0.717, 1.165) is 6.42 Å². The molecule has 3 heteroatoms. The molecule has 2 N–H and O–H groups in total. The Labute approximate surface area is 121 Å². The van der Waals surface area contributed by atoms with Gasteiger partial charge in [0, 0.05) is 22.3 Å². The molecule has 1 heterocycles. The first-order chi connectivity index (χ1) is 9.06. The Morgan fingerprint density at radius 2 is 2.00 bits per heavy atom. The van der Waals surface area contributed by atoms with Gasteiger partial charge in [0.05, 0.1) is 6.10 Å². The van der Waals surface area contributed by atoms with Crippen molar-refractivity contribution in [3.8, 4) is 0 Å². The lowest BCUT2D eigenvalue weighted by molar-refractivity contribution is 0.143. The van der Waals surface area contributed by atoms with Gasteiger partial charge in [-0.2, -0.15) is 0 Å². The van der Waals surface area contributed by atoms with Crippen LogP contribution in [0.3, 0.4) is 0 Å². The van der Waals surface area contributed by atoms with E-state index in [1.807, 2.05) is 11.3 Å². The fourth-order valence-electron chi connectivity index (χ4n) is 2.77. The molecular weight excluding hydrogens is 254 g/mol. The number of nitrogens with one attached hydrogen (secondary N) is 1. The predicted molar refractivity (Wildman–Crippen MR) is 82.8 cm³/mol. The summed E-state index contributed by atoms with van der Waals surface area (Å²) >= 11 is 1.96. The number of aliphatic hydroxyl groups is 1. The summed E-state index contributed by atoms with van der Waals surface area (Å²) in [5.74, 6) is 0.557. The SMILES string of the molecule is CC(C)CC(O)CNC(C)c1cc2c(s1)CCCC2. The molecule has 0 aliphatic heterocycles. The Hall–Kier alpha value is -0.380. The summed E-state index contributed by atoms with van der Waals surface area (Å²) in [6, 6.07) is 2.74. The number of fused-ring (bicyclic) bond motifs is 1. The number of hydrogen-bond donors (Lipinski definition) is 2. The van der Waals surface area contributed by atoms with E-state index >= 15 is 0 Å². The van der Waals surface area contributed by atoms with Gasteiger partial charge in [-0.15, -0.1) is 11.3 Å². The van der Waals surface area contributed by atoms with E-state index in [-0.39, 0.29) is 6.10 Å². The third kappa shape index (κ3) is 4.30. The molecule has 2 atom stereocenters. The molecule has 2 unspecified atom stereocenters. The minimum Gasteiger partial charge on any atom is -0.392 e. The highest BCUT2D eigenvalue weighted by Gasteiger charge is 2.17. The Bertz CT molecular complexity index is 376. The molecule has 0 saturated heterocycles. The van der Waals surface area contributed by atoms with Crippen LogP contribution in [0.1, 0.15) is 61.4 Å². The molecule has 19 heavy (non-hydrogen) atoms. The summed E-state index contributed by atoms with van der Waals surface area (Å²) in [6.45, 7) is 7.21. The Morgan fingerprint density at radius 3 is 2.68 bits per heavy atom. The Morgan fingerprint density at radius 1 is 1.26 bits per heavy atom. The fraction of sp³-hybridized carbons (Fsp3) is 0.750. The van der Waals surface area contributed by atoms with Crippen LogP contribution in [-0.4, -0.2) is 17.8 Å². The van der Waals surface area contributed by atoms with Crippen LogP contribution in [0.5, 0.6) is 0 Å². The topological polar surface area (TPSA) is 32.3 Å². The third-order valence-corrected chi connectivity index (χ3v) is 5.27. The largest absolute Gasteiger partial charge is 0.392 e. The van der Waals surface area contributed by atoms with Crippen LogP contribution in [0.4, 0.5) is 0 Å². The highest BCUT2D eigenvalue weighted by atomic mass is 32.1. The highest BCUT2D eigenvalue weighted by molar-refractivity contribution is 7.12. The van der Waals surface area contributed by atoms with Crippen molar-refractivity contribution in [3.63, 3.8) is 0 Å². The van der Waals surface area contributed by atoms with Gasteiger partial charge in [-0.3, -0.25) is 0 Å². The number of aryl methyl sites for hydroxylation is 2. The third-order valence-electron chi connectivity index (χ3n) is 3.85. The lowest BCUT2D eigenvalue weighted by Crippen LogP contribution is -2.29. The summed E-state index contributed by atoms with van der Waals surface area (Å²) < 4.78 is 0. The molecule has 0 saturated carbocycles. The van der Waals surface area contributed by atoms with Gasteiger partial charge in [-0.05, 0) is 56.6 Å². The average Bonchev–Trinajstić information content (AvgIpc) is 2.78. The molecule has 1 aliphatic carbocycles. The smallest absolute Gasteiger partial charge is 0.0667 e. The normalized spacial score (nSPS) is 18.4. The zero-order valence-electron chi connectivity index (χ0n) is 12.4. The fourth-order valence-corrected chi connectivity index (χ4v) is 4.05. The summed E-state index contributed by atoms with van der Waals surface area (Å²) in [4.78, 5) is 3.03. The van der Waals surface area contributed by atoms with Crippen molar-refractivity contribution in [2.45, 2.75) is 65.0 Å². The van der Waals surface area contributed by atoms with Gasteiger partial charge >= 0.3 is 0 Å². The van der Waals surface area contributed by atoms with E-state index in [1.165, 1.54) is 30.6 Å². The van der Waals surface area contributed by atoms with Crippen molar-refractivity contribution >= 4 is 11.3 Å². The molecule has 0 fully saturated rings. The minimum atomic E-state index is -0.225. The van der Waals surface area contributed by atoms with E-state index in [2.05, 4.69) is 32.2 Å². The average molecular weight is 281 g/mol. The molecule has 0 amide bonds. The summed E-state index contributed by atoms with van der Waals surface area (Å²) in [5, 5.41) is 13.4. The first kappa shape index (κ1) is 15.0. The second kappa shape index (κ2) is 6.87. The molecule has 0 aromatic carbocycles. The van der Waals surface area contributed by atoms with Crippen LogP contribution in [0, 0.1) is 5.92 Å². The van der Waals surface area contributed by atoms with Crippen molar-refractivity contribution < 1.29 is 5.11 Å². The molecule has 1 aromatic rings. The number of aliphatic hydroxyl groups excluding tert-OH is 1. The molecular formula is C16H27NOS. The van der Waals surface area contributed by atoms with Gasteiger partial charge in [0.15, 0.2) is 0 Å². The van der Waals surface area contributed by atoms with Crippen molar-refractivity contribution in [2.75, 3.05) is 6.54 Å². The lowest BCUT2D eigenvalue weighted by atomic mass is 9.99. The zero-order chi connectivity index (χ0) is 13.8. The van der Waals surface area contributed by atoms with Gasteiger partial charge in [-0.1, -0.05) is 13.8 Å². The molecule has 0 bridgehead atoms. The van der Waals surface area contributed by atoms with E-state index < -0.39 is 0 Å². The number of hydrogen-bond acceptors (Lipinski definition) is 3. The number of thiophene rings is 1. The quantitative estimate of drug-likeness (QED) is 0.833. The van der Waals surface area contributed by atoms with Crippen LogP contribution in [0.15, 0.2) is 6.07 Å². The second-order valence-corrected chi connectivity index (χ2v) is 7.39. The van der Waals surface area contributed by atoms with Crippen molar-refractivity contribution in [3.05, 3.63) is 21.4 Å². The van der Waals surface area contributed by atoms with E-state index in [0.29, 0.717) is 18.5 Å². The molecule has 2 nitrogen and oxygen atoms in total. The Kier molecular flexibility index (Phi) is 5.43. The standard InChI is InChI=1S/C16H27NOS/c1-11(2)8-14(18)10-17-12(3)16-9-13-6-4-5-7-15(13)19-16/h9,11-12,14,17-18H,4-8,10H2,1-3H3. The molecule has 0 radical (unpaired) electrons. The van der Waals surface area contributed by atoms with Crippen LogP contribution in [-0.2, 0) is 12.8 Å². The van der Waals surface area contributed by atoms with Gasteiger partial charge < -0.3 is 10.4 Å². The molecule has 2 rings (SSSR count). The maximum Gasteiger partial charge on any atom is 0.0667 e. The highest BCUT2D eigenvalue weighted by Crippen LogP contribution is 2.32. The van der Waals surface area contributed by atoms with Gasteiger partial charge in [-0.25, -0.2) is 0 Å². The zero-order valence-corrected chi connectivity index (χ0v) is 13.2. The molecule has 108 valence electrons. The van der Waals surface area contributed by atoms with Crippen molar-refractivity contribution in [1.29, 1.82) is 0 Å². The maximum atomic E-state index is 9.92. The minimum absolute atomic E-state index is 0.225. The van der Waals surface area contributed by atoms with Gasteiger partial charge in [0.1, 0.15) is 0 Å². The molecule has 0 spiro atoms. The van der Waals surface area contributed by atoms with Crippen molar-refractivity contribution in [1.82, 2.24) is 5.32 Å². The van der Waals surface area contributed by atoms with Crippen LogP contribution >= 0.6 is 11.3 Å². The maximum absolute atomic E-state index is 9.92. The van der Waals surface area contributed by atoms with Crippen LogP contribution in [0.25, 0.3) is 0 Å². The van der Waals surface area contributed by atoms with Crippen molar-refractivity contribution in [2.24, 2.45) is 5.92 Å². The first-order valence-corrected chi connectivity index (χ1v) is 8.41. The predicted octanol–water partition coefficient (Wildman–Crippen LogP) is 3.68. The monoisotopic (exact) mass is 281 g/mol. The summed E-state index contributed by atoms with van der Waals surface area (Å²) in [6.07, 6.45) is 5.87. The van der Waals surface area contributed by atoms with Crippen LogP contribution < -0.4 is 5.32 Å². The van der Waals surface area contributed by atoms with E-state index in [1.54, 1.807) is 10.4 Å². The van der Waals surface area contributed by atoms with Gasteiger partial charge in [0.25, 0.3) is 0 Å². The van der Waals surface area contributed by atoms with E-state index in [9.17, 15) is 5.11 Å². The lowest BCUT2D eigenvalue weighted by Gasteiger charge is -2.17. The summed E-state index contributed by atoms with van der Waals surface area (Å²) in [5.41, 5.74) is 1.57. The second-order valence-electron chi connectivity index (χ2n) is 6.22. The number of rotatable bonds is 6. The molecule has 1 aromatic heterocycles. The molecule has 1 aliphatic rings. The first-order valence-electron chi connectivity index (χ1n) is 7.59. The Balaban J connectivity index is 1.85.